The fourth-order valence-corrected chi connectivity index (χ4v) is 3.26. The van der Waals surface area contributed by atoms with Gasteiger partial charge < -0.3 is 9.84 Å². The molecule has 0 aliphatic carbocycles. The van der Waals surface area contributed by atoms with Crippen molar-refractivity contribution in [2.45, 2.75) is 26.5 Å². The number of rotatable bonds is 6. The number of aliphatic hydroxyl groups excluding tert-OH is 1. The maximum atomic E-state index is 12.8. The molecule has 4 aromatic rings. The van der Waals surface area contributed by atoms with E-state index >= 15 is 0 Å². The number of nitrogens with zero attached hydrogens (tertiary/aromatic N) is 4. The molecule has 0 radical (unpaired) electrons. The molecule has 0 aliphatic heterocycles. The van der Waals surface area contributed by atoms with Gasteiger partial charge in [-0.2, -0.15) is 5.10 Å². The van der Waals surface area contributed by atoms with Crippen molar-refractivity contribution in [2.24, 2.45) is 0 Å². The van der Waals surface area contributed by atoms with Crippen LogP contribution in [0.3, 0.4) is 0 Å². The molecule has 0 aliphatic rings. The fourth-order valence-electron chi connectivity index (χ4n) is 3.26. The van der Waals surface area contributed by atoms with Crippen LogP contribution in [0.4, 0.5) is 0 Å². The first-order valence-electron chi connectivity index (χ1n) is 9.39. The Bertz CT molecular complexity index is 1200. The van der Waals surface area contributed by atoms with Gasteiger partial charge in [0.2, 0.25) is 0 Å². The smallest absolute Gasteiger partial charge is 0.264 e. The van der Waals surface area contributed by atoms with E-state index in [1.165, 1.54) is 17.1 Å². The molecule has 1 atom stereocenters. The third-order valence-corrected chi connectivity index (χ3v) is 4.72. The Morgan fingerprint density at radius 2 is 1.93 bits per heavy atom. The Morgan fingerprint density at radius 1 is 1.14 bits per heavy atom. The number of hydrogen-bond acceptors (Lipinski definition) is 5. The molecule has 0 spiro atoms. The Labute approximate surface area is 167 Å². The van der Waals surface area contributed by atoms with Crippen LogP contribution in [0.15, 0.2) is 65.8 Å². The third kappa shape index (κ3) is 3.90. The molecule has 0 unspecified atom stereocenters. The highest BCUT2D eigenvalue weighted by atomic mass is 16.5. The molecular weight excluding hydrogens is 368 g/mol. The molecule has 7 nitrogen and oxygen atoms in total. The van der Waals surface area contributed by atoms with Crippen LogP contribution < -0.4 is 10.3 Å². The summed E-state index contributed by atoms with van der Waals surface area (Å²) < 4.78 is 8.72. The van der Waals surface area contributed by atoms with Crippen molar-refractivity contribution in [2.75, 3.05) is 6.61 Å². The van der Waals surface area contributed by atoms with E-state index in [2.05, 4.69) is 10.1 Å². The van der Waals surface area contributed by atoms with Gasteiger partial charge in [-0.3, -0.25) is 9.36 Å². The summed E-state index contributed by atoms with van der Waals surface area (Å²) in [6.45, 7) is 4.14. The predicted molar refractivity (Wildman–Crippen MR) is 111 cm³/mol. The van der Waals surface area contributed by atoms with Crippen LogP contribution in [0.25, 0.3) is 16.7 Å². The lowest BCUT2D eigenvalue weighted by atomic mass is 10.1. The molecule has 2 aromatic carbocycles. The maximum Gasteiger partial charge on any atom is 0.264 e. The Hall–Kier alpha value is -3.45. The van der Waals surface area contributed by atoms with E-state index in [0.717, 1.165) is 22.6 Å². The van der Waals surface area contributed by atoms with E-state index in [1.807, 2.05) is 62.4 Å². The van der Waals surface area contributed by atoms with Gasteiger partial charge in [0, 0.05) is 0 Å². The topological polar surface area (TPSA) is 82.2 Å². The van der Waals surface area contributed by atoms with Crippen molar-refractivity contribution >= 4 is 11.0 Å². The van der Waals surface area contributed by atoms with Crippen LogP contribution in [0.2, 0.25) is 0 Å². The standard InChI is InChI=1S/C22H22N4O3/c1-15-8-9-20(16(2)10-15)29-13-18(27)12-25-14-23-21-19(22(25)28)11-24-26(21)17-6-4-3-5-7-17/h3-11,14,18,27H,12-13H2,1-2H3/t18-/m0/s1. The normalized spacial score (nSPS) is 12.2. The second-order valence-electron chi connectivity index (χ2n) is 7.07. The van der Waals surface area contributed by atoms with Crippen LogP contribution in [0.5, 0.6) is 5.75 Å². The summed E-state index contributed by atoms with van der Waals surface area (Å²) in [7, 11) is 0. The molecule has 2 aromatic heterocycles. The van der Waals surface area contributed by atoms with Gasteiger partial charge in [-0.25, -0.2) is 9.67 Å². The number of aryl methyl sites for hydroxylation is 2. The summed E-state index contributed by atoms with van der Waals surface area (Å²) in [5, 5.41) is 15.1. The quantitative estimate of drug-likeness (QED) is 0.547. The van der Waals surface area contributed by atoms with Crippen molar-refractivity contribution in [1.29, 1.82) is 0 Å². The first kappa shape index (κ1) is 18.9. The minimum Gasteiger partial charge on any atom is -0.491 e. The third-order valence-electron chi connectivity index (χ3n) is 4.72. The molecule has 7 heteroatoms. The minimum absolute atomic E-state index is 0.0810. The van der Waals surface area contributed by atoms with Gasteiger partial charge in [0.05, 0.1) is 18.4 Å². The fraction of sp³-hybridized carbons (Fsp3) is 0.227. The SMILES string of the molecule is Cc1ccc(OC[C@@H](O)Cn2cnc3c(cnn3-c3ccccc3)c2=O)c(C)c1. The van der Waals surface area contributed by atoms with Crippen LogP contribution >= 0.6 is 0 Å². The summed E-state index contributed by atoms with van der Waals surface area (Å²) in [5.74, 6) is 0.722. The van der Waals surface area contributed by atoms with Crippen molar-refractivity contribution < 1.29 is 9.84 Å². The highest BCUT2D eigenvalue weighted by Crippen LogP contribution is 2.19. The minimum atomic E-state index is -0.850. The number of aromatic nitrogens is 4. The number of para-hydroxylation sites is 1. The summed E-state index contributed by atoms with van der Waals surface area (Å²) >= 11 is 0. The lowest BCUT2D eigenvalue weighted by Gasteiger charge is -2.15. The average Bonchev–Trinajstić information content (AvgIpc) is 3.15. The number of ether oxygens (including phenoxy) is 1. The molecule has 4 rings (SSSR count). The van der Waals surface area contributed by atoms with E-state index in [9.17, 15) is 9.90 Å². The average molecular weight is 390 g/mol. The van der Waals surface area contributed by atoms with E-state index in [0.29, 0.717) is 11.0 Å². The Morgan fingerprint density at radius 3 is 2.69 bits per heavy atom. The van der Waals surface area contributed by atoms with E-state index < -0.39 is 6.10 Å². The van der Waals surface area contributed by atoms with Gasteiger partial charge in [-0.1, -0.05) is 35.9 Å². The molecule has 0 fully saturated rings. The van der Waals surface area contributed by atoms with Gasteiger partial charge in [-0.15, -0.1) is 0 Å². The number of benzene rings is 2. The molecule has 0 amide bonds. The van der Waals surface area contributed by atoms with Gasteiger partial charge in [0.1, 0.15) is 30.2 Å². The van der Waals surface area contributed by atoms with Gasteiger partial charge >= 0.3 is 0 Å². The van der Waals surface area contributed by atoms with Crippen LogP contribution in [0, 0.1) is 13.8 Å². The first-order valence-corrected chi connectivity index (χ1v) is 9.39. The number of aliphatic hydroxyl groups is 1. The summed E-state index contributed by atoms with van der Waals surface area (Å²) in [4.78, 5) is 17.2. The molecule has 1 N–H and O–H groups in total. The molecule has 0 saturated carbocycles. The Balaban J connectivity index is 1.51. The van der Waals surface area contributed by atoms with E-state index in [-0.39, 0.29) is 18.7 Å². The monoisotopic (exact) mass is 390 g/mol. The van der Waals surface area contributed by atoms with Crippen LogP contribution in [-0.2, 0) is 6.54 Å². The second kappa shape index (κ2) is 7.89. The van der Waals surface area contributed by atoms with Crippen LogP contribution in [0.1, 0.15) is 11.1 Å². The number of hydrogen-bond donors (Lipinski definition) is 1. The predicted octanol–water partition coefficient (Wildman–Crippen LogP) is 2.64. The lowest BCUT2D eigenvalue weighted by molar-refractivity contribution is 0.0911. The highest BCUT2D eigenvalue weighted by Gasteiger charge is 2.14. The van der Waals surface area contributed by atoms with Gasteiger partial charge in [-0.05, 0) is 37.6 Å². The molecular formula is C22H22N4O3. The zero-order valence-corrected chi connectivity index (χ0v) is 16.3. The van der Waals surface area contributed by atoms with E-state index in [1.54, 1.807) is 4.68 Å². The van der Waals surface area contributed by atoms with Crippen molar-refractivity contribution in [3.8, 4) is 11.4 Å². The Kier molecular flexibility index (Phi) is 5.14. The van der Waals surface area contributed by atoms with Crippen LogP contribution in [-0.4, -0.2) is 37.1 Å². The molecule has 29 heavy (non-hydrogen) atoms. The zero-order chi connectivity index (χ0) is 20.4. The molecule has 0 saturated heterocycles. The number of fused-ring (bicyclic) bond motifs is 1. The van der Waals surface area contributed by atoms with Crippen molar-refractivity contribution in [1.82, 2.24) is 19.3 Å². The van der Waals surface area contributed by atoms with Gasteiger partial charge in [0.25, 0.3) is 5.56 Å². The molecule has 148 valence electrons. The summed E-state index contributed by atoms with van der Waals surface area (Å²) in [5.41, 5.74) is 3.22. The molecule has 0 bridgehead atoms. The molecule has 2 heterocycles. The maximum absolute atomic E-state index is 12.8. The largest absolute Gasteiger partial charge is 0.491 e. The van der Waals surface area contributed by atoms with Crippen molar-refractivity contribution in [3.63, 3.8) is 0 Å². The van der Waals surface area contributed by atoms with Gasteiger partial charge in [0.15, 0.2) is 5.65 Å². The second-order valence-corrected chi connectivity index (χ2v) is 7.07. The lowest BCUT2D eigenvalue weighted by Crippen LogP contribution is -2.30. The summed E-state index contributed by atoms with van der Waals surface area (Å²) in [6, 6.07) is 15.4. The first-order chi connectivity index (χ1) is 14.0. The summed E-state index contributed by atoms with van der Waals surface area (Å²) in [6.07, 6.45) is 2.09. The zero-order valence-electron chi connectivity index (χ0n) is 16.3. The highest BCUT2D eigenvalue weighted by molar-refractivity contribution is 5.74. The van der Waals surface area contributed by atoms with E-state index in [4.69, 9.17) is 4.74 Å². The van der Waals surface area contributed by atoms with Crippen molar-refractivity contribution in [3.05, 3.63) is 82.5 Å².